The molecule has 0 bridgehead atoms. The molecular formula is C17H18N4O3S. The van der Waals surface area contributed by atoms with Crippen molar-refractivity contribution in [2.45, 2.75) is 25.7 Å². The van der Waals surface area contributed by atoms with Gasteiger partial charge in [0.05, 0.1) is 10.3 Å². The molecular weight excluding hydrogens is 340 g/mol. The summed E-state index contributed by atoms with van der Waals surface area (Å²) in [5, 5.41) is 3.49. The number of aromatic nitrogens is 3. The highest BCUT2D eigenvalue weighted by Gasteiger charge is 2.17. The van der Waals surface area contributed by atoms with Crippen LogP contribution in [0.4, 0.5) is 5.82 Å². The summed E-state index contributed by atoms with van der Waals surface area (Å²) in [7, 11) is -3.41. The van der Waals surface area contributed by atoms with Crippen LogP contribution in [-0.4, -0.2) is 35.5 Å². The minimum Gasteiger partial charge on any atom is -0.343 e. The summed E-state index contributed by atoms with van der Waals surface area (Å²) in [6.45, 7) is 5.53. The van der Waals surface area contributed by atoms with Crippen LogP contribution < -0.4 is 5.32 Å². The summed E-state index contributed by atoms with van der Waals surface area (Å²) in [6.07, 6.45) is 2.49. The van der Waals surface area contributed by atoms with Crippen LogP contribution >= 0.6 is 0 Å². The van der Waals surface area contributed by atoms with Crippen LogP contribution in [-0.2, 0) is 9.84 Å². The molecule has 3 rings (SSSR count). The van der Waals surface area contributed by atoms with E-state index in [1.54, 1.807) is 19.1 Å². The fraction of sp³-hybridized carbons (Fsp3) is 0.235. The van der Waals surface area contributed by atoms with E-state index in [0.29, 0.717) is 17.0 Å². The lowest BCUT2D eigenvalue weighted by Gasteiger charge is -2.09. The summed E-state index contributed by atoms with van der Waals surface area (Å²) in [5.41, 5.74) is 3.39. The van der Waals surface area contributed by atoms with Crippen molar-refractivity contribution in [2.75, 3.05) is 11.6 Å². The topological polar surface area (TPSA) is 105 Å². The zero-order valence-electron chi connectivity index (χ0n) is 14.3. The Labute approximate surface area is 145 Å². The second-order valence-electron chi connectivity index (χ2n) is 6.03. The van der Waals surface area contributed by atoms with Gasteiger partial charge >= 0.3 is 0 Å². The number of hydrogen-bond donors (Lipinski definition) is 2. The van der Waals surface area contributed by atoms with Crippen LogP contribution in [0, 0.1) is 20.8 Å². The molecule has 8 heteroatoms. The Balaban J connectivity index is 2.02. The first-order valence-corrected chi connectivity index (χ1v) is 9.49. The van der Waals surface area contributed by atoms with E-state index in [1.165, 1.54) is 12.4 Å². The van der Waals surface area contributed by atoms with E-state index in [2.05, 4.69) is 20.3 Å². The van der Waals surface area contributed by atoms with Gasteiger partial charge in [-0.15, -0.1) is 0 Å². The Morgan fingerprint density at radius 3 is 2.56 bits per heavy atom. The molecule has 2 heterocycles. The van der Waals surface area contributed by atoms with Gasteiger partial charge in [-0.1, -0.05) is 6.07 Å². The smallest absolute Gasteiger partial charge is 0.256 e. The van der Waals surface area contributed by atoms with Crippen molar-refractivity contribution in [3.8, 4) is 0 Å². The predicted octanol–water partition coefficient (Wildman–Crippen LogP) is 2.54. The molecule has 0 radical (unpaired) electrons. The maximum Gasteiger partial charge on any atom is 0.256 e. The molecule has 2 N–H and O–H groups in total. The first-order chi connectivity index (χ1) is 11.7. The van der Waals surface area contributed by atoms with E-state index in [-0.39, 0.29) is 10.5 Å². The number of aryl methyl sites for hydroxylation is 3. The Morgan fingerprint density at radius 2 is 1.88 bits per heavy atom. The molecule has 0 spiro atoms. The fourth-order valence-corrected chi connectivity index (χ4v) is 3.70. The number of nitrogens with zero attached hydrogens (tertiary/aromatic N) is 2. The number of nitrogens with one attached hydrogen (secondary N) is 2. The number of benzene rings is 1. The third-order valence-corrected chi connectivity index (χ3v) is 5.41. The molecule has 0 atom stereocenters. The van der Waals surface area contributed by atoms with E-state index in [0.717, 1.165) is 22.9 Å². The largest absolute Gasteiger partial charge is 0.343 e. The molecule has 7 nitrogen and oxygen atoms in total. The number of H-pyrrole nitrogens is 1. The minimum atomic E-state index is -3.41. The Kier molecular flexibility index (Phi) is 4.08. The van der Waals surface area contributed by atoms with E-state index >= 15 is 0 Å². The van der Waals surface area contributed by atoms with Crippen molar-refractivity contribution in [2.24, 2.45) is 0 Å². The average Bonchev–Trinajstić information content (AvgIpc) is 2.82. The van der Waals surface area contributed by atoms with Crippen molar-refractivity contribution in [1.29, 1.82) is 0 Å². The first kappa shape index (κ1) is 17.1. The number of carbonyl (C=O) groups excluding carboxylic acids is 1. The number of sulfone groups is 1. The van der Waals surface area contributed by atoms with E-state index in [1.807, 2.05) is 13.8 Å². The maximum absolute atomic E-state index is 12.6. The summed E-state index contributed by atoms with van der Waals surface area (Å²) in [5.74, 6) is -0.0403. The van der Waals surface area contributed by atoms with Crippen molar-refractivity contribution < 1.29 is 13.2 Å². The number of hydrogen-bond acceptors (Lipinski definition) is 5. The van der Waals surface area contributed by atoms with Gasteiger partial charge in [0.1, 0.15) is 17.8 Å². The number of carbonyl (C=O) groups is 1. The lowest BCUT2D eigenvalue weighted by atomic mass is 10.1. The third-order valence-electron chi connectivity index (χ3n) is 4.17. The van der Waals surface area contributed by atoms with Crippen LogP contribution in [0.3, 0.4) is 0 Å². The number of fused-ring (bicyclic) bond motifs is 1. The maximum atomic E-state index is 12.6. The fourth-order valence-electron chi connectivity index (χ4n) is 2.71. The number of aromatic amines is 1. The van der Waals surface area contributed by atoms with Crippen molar-refractivity contribution in [3.05, 3.63) is 46.9 Å². The van der Waals surface area contributed by atoms with Crippen molar-refractivity contribution in [1.82, 2.24) is 15.0 Å². The molecule has 0 saturated heterocycles. The molecule has 0 unspecified atom stereocenters. The highest BCUT2D eigenvalue weighted by molar-refractivity contribution is 7.90. The van der Waals surface area contributed by atoms with Crippen LogP contribution in [0.2, 0.25) is 0 Å². The van der Waals surface area contributed by atoms with Gasteiger partial charge in [0.25, 0.3) is 5.91 Å². The molecule has 0 aliphatic rings. The molecule has 2 aromatic heterocycles. The van der Waals surface area contributed by atoms with Crippen LogP contribution in [0.25, 0.3) is 11.0 Å². The van der Waals surface area contributed by atoms with Crippen LogP contribution in [0.5, 0.6) is 0 Å². The van der Waals surface area contributed by atoms with Crippen molar-refractivity contribution >= 4 is 32.6 Å². The monoisotopic (exact) mass is 358 g/mol. The second kappa shape index (κ2) is 5.96. The van der Waals surface area contributed by atoms with Gasteiger partial charge in [0.15, 0.2) is 9.84 Å². The summed E-state index contributed by atoms with van der Waals surface area (Å²) < 4.78 is 23.7. The summed E-state index contributed by atoms with van der Waals surface area (Å²) >= 11 is 0. The summed E-state index contributed by atoms with van der Waals surface area (Å²) in [6, 6.07) is 4.59. The lowest BCUT2D eigenvalue weighted by Crippen LogP contribution is -2.14. The van der Waals surface area contributed by atoms with E-state index in [9.17, 15) is 13.2 Å². The van der Waals surface area contributed by atoms with Gasteiger partial charge in [-0.05, 0) is 44.0 Å². The molecule has 0 fully saturated rings. The van der Waals surface area contributed by atoms with Gasteiger partial charge in [-0.2, -0.15) is 0 Å². The minimum absolute atomic E-state index is 0.140. The average molecular weight is 358 g/mol. The van der Waals surface area contributed by atoms with Crippen molar-refractivity contribution in [3.63, 3.8) is 0 Å². The molecule has 3 aromatic rings. The Bertz CT molecular complexity index is 1100. The first-order valence-electron chi connectivity index (χ1n) is 7.60. The third kappa shape index (κ3) is 3.12. The van der Waals surface area contributed by atoms with E-state index < -0.39 is 15.7 Å². The highest BCUT2D eigenvalue weighted by atomic mass is 32.2. The SMILES string of the molecule is Cc1ccc(C(=O)Nc2ncnc3[nH]c(C)c(C)c23)cc1S(C)(=O)=O. The quantitative estimate of drug-likeness (QED) is 0.748. The van der Waals surface area contributed by atoms with Crippen LogP contribution in [0.15, 0.2) is 29.4 Å². The highest BCUT2D eigenvalue weighted by Crippen LogP contribution is 2.26. The lowest BCUT2D eigenvalue weighted by molar-refractivity contribution is 0.102. The molecule has 130 valence electrons. The molecule has 25 heavy (non-hydrogen) atoms. The number of anilines is 1. The normalized spacial score (nSPS) is 11.7. The molecule has 1 aromatic carbocycles. The zero-order chi connectivity index (χ0) is 18.4. The standard InChI is InChI=1S/C17H18N4O3S/c1-9-5-6-12(7-13(9)25(4,23)24)17(22)21-16-14-10(2)11(3)20-15(14)18-8-19-16/h5-8H,1-4H3,(H2,18,19,20,21,22). The predicted molar refractivity (Wildman–Crippen MR) is 95.6 cm³/mol. The van der Waals surface area contributed by atoms with Gasteiger partial charge in [-0.25, -0.2) is 18.4 Å². The molecule has 0 aliphatic carbocycles. The zero-order valence-corrected chi connectivity index (χ0v) is 15.2. The van der Waals surface area contributed by atoms with Gasteiger partial charge in [-0.3, -0.25) is 4.79 Å². The molecule has 1 amide bonds. The number of rotatable bonds is 3. The van der Waals surface area contributed by atoms with E-state index in [4.69, 9.17) is 0 Å². The van der Waals surface area contributed by atoms with Gasteiger partial charge < -0.3 is 10.3 Å². The Hall–Kier alpha value is -2.74. The molecule has 0 saturated carbocycles. The van der Waals surface area contributed by atoms with Gasteiger partial charge in [0, 0.05) is 17.5 Å². The second-order valence-corrected chi connectivity index (χ2v) is 8.01. The van der Waals surface area contributed by atoms with Crippen LogP contribution in [0.1, 0.15) is 27.2 Å². The number of amides is 1. The molecule has 0 aliphatic heterocycles. The Morgan fingerprint density at radius 1 is 1.16 bits per heavy atom. The van der Waals surface area contributed by atoms with Gasteiger partial charge in [0.2, 0.25) is 0 Å². The summed E-state index contributed by atoms with van der Waals surface area (Å²) in [4.78, 5) is 24.2.